The third-order valence-corrected chi connectivity index (χ3v) is 6.14. The van der Waals surface area contributed by atoms with Crippen molar-refractivity contribution in [1.82, 2.24) is 15.2 Å². The molecule has 2 aliphatic carbocycles. The summed E-state index contributed by atoms with van der Waals surface area (Å²) in [4.78, 5) is 20.1. The van der Waals surface area contributed by atoms with Crippen LogP contribution in [0.3, 0.4) is 0 Å². The first kappa shape index (κ1) is 16.2. The van der Waals surface area contributed by atoms with Gasteiger partial charge in [0, 0.05) is 36.1 Å². The maximum absolute atomic E-state index is 13.3. The number of likely N-dealkylation sites (tertiary alicyclic amines) is 1. The van der Waals surface area contributed by atoms with Gasteiger partial charge in [0.2, 0.25) is 0 Å². The lowest BCUT2D eigenvalue weighted by atomic mass is 10.0. The summed E-state index contributed by atoms with van der Waals surface area (Å²) in [5.41, 5.74) is 2.91. The Bertz CT molecular complexity index is 817. The van der Waals surface area contributed by atoms with Gasteiger partial charge in [-0.1, -0.05) is 18.2 Å². The highest BCUT2D eigenvalue weighted by atomic mass is 16.2. The van der Waals surface area contributed by atoms with Crippen molar-refractivity contribution in [3.8, 4) is 0 Å². The summed E-state index contributed by atoms with van der Waals surface area (Å²) in [5, 5.41) is 4.69. The standard InChI is InChI=1S/C22H27N3O/c26-22(25-11-9-17(10-12-25)23-14-15-5-6-15)19-13-21(16-7-8-16)24-20-4-2-1-3-18(19)20/h1-4,13,15-17,23H,5-12,14H2. The molecule has 0 radical (unpaired) electrons. The average molecular weight is 349 g/mol. The van der Waals surface area contributed by atoms with E-state index in [9.17, 15) is 4.79 Å². The number of rotatable bonds is 5. The molecule has 1 aliphatic heterocycles. The lowest BCUT2D eigenvalue weighted by Gasteiger charge is -2.33. The van der Waals surface area contributed by atoms with Crippen molar-refractivity contribution in [3.63, 3.8) is 0 Å². The average Bonchev–Trinajstić information content (AvgIpc) is 3.58. The molecule has 4 heteroatoms. The van der Waals surface area contributed by atoms with Crippen LogP contribution in [0.4, 0.5) is 0 Å². The third-order valence-electron chi connectivity index (χ3n) is 6.14. The Kier molecular flexibility index (Phi) is 4.16. The predicted octanol–water partition coefficient (Wildman–Crippen LogP) is 3.72. The zero-order valence-corrected chi connectivity index (χ0v) is 15.3. The largest absolute Gasteiger partial charge is 0.339 e. The van der Waals surface area contributed by atoms with Gasteiger partial charge in [0.05, 0.1) is 11.1 Å². The van der Waals surface area contributed by atoms with Gasteiger partial charge in [-0.2, -0.15) is 0 Å². The highest BCUT2D eigenvalue weighted by Crippen LogP contribution is 2.40. The number of aromatic nitrogens is 1. The Morgan fingerprint density at radius 2 is 1.85 bits per heavy atom. The minimum Gasteiger partial charge on any atom is -0.339 e. The fraction of sp³-hybridized carbons (Fsp3) is 0.545. The maximum Gasteiger partial charge on any atom is 0.254 e. The van der Waals surface area contributed by atoms with Gasteiger partial charge in [-0.15, -0.1) is 0 Å². The Morgan fingerprint density at radius 1 is 1.08 bits per heavy atom. The molecule has 0 unspecified atom stereocenters. The molecule has 1 amide bonds. The molecule has 1 saturated heterocycles. The van der Waals surface area contributed by atoms with Crippen LogP contribution < -0.4 is 5.32 Å². The monoisotopic (exact) mass is 349 g/mol. The summed E-state index contributed by atoms with van der Waals surface area (Å²) in [6.45, 7) is 2.88. The summed E-state index contributed by atoms with van der Waals surface area (Å²) in [6, 6.07) is 10.7. The quantitative estimate of drug-likeness (QED) is 0.895. The molecule has 136 valence electrons. The molecule has 1 aromatic heterocycles. The smallest absolute Gasteiger partial charge is 0.254 e. The number of piperidine rings is 1. The summed E-state index contributed by atoms with van der Waals surface area (Å²) < 4.78 is 0. The van der Waals surface area contributed by atoms with Crippen molar-refractivity contribution in [3.05, 3.63) is 41.6 Å². The van der Waals surface area contributed by atoms with Crippen LogP contribution in [0.2, 0.25) is 0 Å². The van der Waals surface area contributed by atoms with Crippen LogP contribution in [0.5, 0.6) is 0 Å². The highest BCUT2D eigenvalue weighted by Gasteiger charge is 2.30. The fourth-order valence-electron chi connectivity index (χ4n) is 4.07. The molecule has 0 bridgehead atoms. The number of carbonyl (C=O) groups excluding carboxylic acids is 1. The topological polar surface area (TPSA) is 45.2 Å². The van der Waals surface area contributed by atoms with Crippen molar-refractivity contribution < 1.29 is 4.79 Å². The molecular weight excluding hydrogens is 322 g/mol. The summed E-state index contributed by atoms with van der Waals surface area (Å²) in [6.07, 6.45) is 7.33. The molecule has 3 aliphatic rings. The normalized spacial score (nSPS) is 21.3. The van der Waals surface area contributed by atoms with E-state index in [0.29, 0.717) is 12.0 Å². The number of carbonyl (C=O) groups is 1. The number of nitrogens with one attached hydrogen (secondary N) is 1. The molecule has 3 fully saturated rings. The second-order valence-corrected chi connectivity index (χ2v) is 8.30. The summed E-state index contributed by atoms with van der Waals surface area (Å²) >= 11 is 0. The van der Waals surface area contributed by atoms with E-state index in [-0.39, 0.29) is 5.91 Å². The second kappa shape index (κ2) is 6.66. The maximum atomic E-state index is 13.3. The van der Waals surface area contributed by atoms with E-state index >= 15 is 0 Å². The molecule has 2 saturated carbocycles. The first-order chi connectivity index (χ1) is 12.8. The van der Waals surface area contributed by atoms with Crippen molar-refractivity contribution in [2.75, 3.05) is 19.6 Å². The molecule has 5 rings (SSSR count). The van der Waals surface area contributed by atoms with Gasteiger partial charge in [0.15, 0.2) is 0 Å². The minimum absolute atomic E-state index is 0.186. The Hall–Kier alpha value is -1.94. The number of amides is 1. The van der Waals surface area contributed by atoms with Gasteiger partial charge in [0.1, 0.15) is 0 Å². The Labute approximate surface area is 155 Å². The van der Waals surface area contributed by atoms with E-state index in [2.05, 4.69) is 11.4 Å². The first-order valence-corrected chi connectivity index (χ1v) is 10.2. The SMILES string of the molecule is O=C(c1cc(C2CC2)nc2ccccc12)N1CCC(NCC2CC2)CC1. The van der Waals surface area contributed by atoms with Crippen LogP contribution in [-0.4, -0.2) is 41.5 Å². The van der Waals surface area contributed by atoms with E-state index < -0.39 is 0 Å². The molecular formula is C22H27N3O. The number of pyridine rings is 1. The molecule has 0 atom stereocenters. The number of hydrogen-bond donors (Lipinski definition) is 1. The number of fused-ring (bicyclic) bond motifs is 1. The van der Waals surface area contributed by atoms with Crippen molar-refractivity contribution in [2.24, 2.45) is 5.92 Å². The third kappa shape index (κ3) is 3.35. The summed E-state index contributed by atoms with van der Waals surface area (Å²) in [7, 11) is 0. The van der Waals surface area contributed by atoms with Crippen molar-refractivity contribution in [2.45, 2.75) is 50.5 Å². The van der Waals surface area contributed by atoms with Crippen molar-refractivity contribution in [1.29, 1.82) is 0 Å². The van der Waals surface area contributed by atoms with E-state index in [0.717, 1.165) is 54.0 Å². The second-order valence-electron chi connectivity index (χ2n) is 8.30. The Balaban J connectivity index is 1.33. The molecule has 2 aromatic rings. The van der Waals surface area contributed by atoms with Crippen LogP contribution in [-0.2, 0) is 0 Å². The van der Waals surface area contributed by atoms with Crippen LogP contribution in [0.25, 0.3) is 10.9 Å². The predicted molar refractivity (Wildman–Crippen MR) is 103 cm³/mol. The van der Waals surface area contributed by atoms with E-state index in [4.69, 9.17) is 4.98 Å². The van der Waals surface area contributed by atoms with E-state index in [1.54, 1.807) is 0 Å². The minimum atomic E-state index is 0.186. The Morgan fingerprint density at radius 3 is 2.58 bits per heavy atom. The molecule has 4 nitrogen and oxygen atoms in total. The van der Waals surface area contributed by atoms with Gasteiger partial charge in [-0.25, -0.2) is 0 Å². The molecule has 1 aromatic carbocycles. The number of nitrogens with zero attached hydrogens (tertiary/aromatic N) is 2. The molecule has 0 spiro atoms. The molecule has 2 heterocycles. The van der Waals surface area contributed by atoms with Gasteiger partial charge in [-0.05, 0) is 63.1 Å². The molecule has 1 N–H and O–H groups in total. The zero-order chi connectivity index (χ0) is 17.5. The number of hydrogen-bond acceptors (Lipinski definition) is 3. The zero-order valence-electron chi connectivity index (χ0n) is 15.3. The van der Waals surface area contributed by atoms with Gasteiger partial charge >= 0.3 is 0 Å². The van der Waals surface area contributed by atoms with Gasteiger partial charge < -0.3 is 10.2 Å². The summed E-state index contributed by atoms with van der Waals surface area (Å²) in [5.74, 6) is 1.66. The number of para-hydroxylation sites is 1. The first-order valence-electron chi connectivity index (χ1n) is 10.2. The van der Waals surface area contributed by atoms with Crippen LogP contribution in [0.1, 0.15) is 60.5 Å². The van der Waals surface area contributed by atoms with Gasteiger partial charge in [-0.3, -0.25) is 9.78 Å². The van der Waals surface area contributed by atoms with Crippen LogP contribution >= 0.6 is 0 Å². The molecule has 26 heavy (non-hydrogen) atoms. The number of benzene rings is 1. The lowest BCUT2D eigenvalue weighted by molar-refractivity contribution is 0.0707. The fourth-order valence-corrected chi connectivity index (χ4v) is 4.07. The lowest BCUT2D eigenvalue weighted by Crippen LogP contribution is -2.45. The van der Waals surface area contributed by atoms with Crippen LogP contribution in [0.15, 0.2) is 30.3 Å². The van der Waals surface area contributed by atoms with E-state index in [1.807, 2.05) is 29.2 Å². The highest BCUT2D eigenvalue weighted by molar-refractivity contribution is 6.06. The van der Waals surface area contributed by atoms with Crippen molar-refractivity contribution >= 4 is 16.8 Å². The van der Waals surface area contributed by atoms with Crippen LogP contribution in [0, 0.1) is 5.92 Å². The van der Waals surface area contributed by atoms with Gasteiger partial charge in [0.25, 0.3) is 5.91 Å². The van der Waals surface area contributed by atoms with E-state index in [1.165, 1.54) is 32.2 Å².